The Bertz CT molecular complexity index is 938. The molecule has 1 aliphatic heterocycles. The van der Waals surface area contributed by atoms with Crippen molar-refractivity contribution in [2.75, 3.05) is 26.2 Å². The van der Waals surface area contributed by atoms with Crippen molar-refractivity contribution >= 4 is 5.57 Å². The summed E-state index contributed by atoms with van der Waals surface area (Å²) in [6.45, 7) is 4.85. The Balaban J connectivity index is 1.40. The maximum absolute atomic E-state index is 13.5. The van der Waals surface area contributed by atoms with Gasteiger partial charge in [0.1, 0.15) is 11.6 Å². The molecule has 1 heterocycles. The van der Waals surface area contributed by atoms with Crippen LogP contribution in [0.3, 0.4) is 0 Å². The molecule has 1 saturated heterocycles. The van der Waals surface area contributed by atoms with Gasteiger partial charge in [0.25, 0.3) is 0 Å². The second kappa shape index (κ2) is 10.5. The first-order chi connectivity index (χ1) is 15.2. The van der Waals surface area contributed by atoms with Crippen molar-refractivity contribution in [1.82, 2.24) is 10.2 Å². The van der Waals surface area contributed by atoms with Gasteiger partial charge in [-0.25, -0.2) is 8.78 Å². The van der Waals surface area contributed by atoms with Crippen molar-refractivity contribution in [1.29, 1.82) is 0 Å². The molecule has 0 amide bonds. The smallest absolute Gasteiger partial charge is 0.123 e. The summed E-state index contributed by atoms with van der Waals surface area (Å²) in [5.41, 5.74) is 5.74. The fourth-order valence-electron chi connectivity index (χ4n) is 4.17. The molecular weight excluding hydrogens is 390 g/mol. The van der Waals surface area contributed by atoms with Crippen LogP contribution in [-0.4, -0.2) is 31.1 Å². The predicted molar refractivity (Wildman–Crippen MR) is 123 cm³/mol. The molecule has 4 rings (SSSR count). The Morgan fingerprint density at radius 3 is 1.84 bits per heavy atom. The van der Waals surface area contributed by atoms with Gasteiger partial charge in [-0.15, -0.1) is 0 Å². The monoisotopic (exact) mass is 418 g/mol. The second-order valence-corrected chi connectivity index (χ2v) is 8.00. The van der Waals surface area contributed by atoms with E-state index in [9.17, 15) is 8.78 Å². The molecule has 0 spiro atoms. The molecule has 0 atom stereocenters. The van der Waals surface area contributed by atoms with Crippen LogP contribution in [0.1, 0.15) is 29.5 Å². The zero-order valence-electron chi connectivity index (χ0n) is 17.7. The molecule has 2 nitrogen and oxygen atoms in total. The quantitative estimate of drug-likeness (QED) is 0.499. The molecule has 1 fully saturated rings. The number of likely N-dealkylation sites (tertiary alicyclic amines) is 1. The number of halogens is 2. The average Bonchev–Trinajstić information content (AvgIpc) is 2.81. The topological polar surface area (TPSA) is 15.3 Å². The van der Waals surface area contributed by atoms with Crippen molar-refractivity contribution in [2.45, 2.75) is 19.4 Å². The lowest BCUT2D eigenvalue weighted by Gasteiger charge is -2.30. The first-order valence-corrected chi connectivity index (χ1v) is 10.9. The summed E-state index contributed by atoms with van der Waals surface area (Å²) >= 11 is 0. The van der Waals surface area contributed by atoms with Crippen LogP contribution < -0.4 is 5.32 Å². The van der Waals surface area contributed by atoms with Crippen molar-refractivity contribution < 1.29 is 8.78 Å². The molecule has 160 valence electrons. The van der Waals surface area contributed by atoms with Crippen molar-refractivity contribution in [3.8, 4) is 0 Å². The minimum Gasteiger partial charge on any atom is -0.311 e. The molecule has 1 N–H and O–H groups in total. The third-order valence-electron chi connectivity index (χ3n) is 5.86. The molecule has 0 aromatic heterocycles. The van der Waals surface area contributed by atoms with Crippen LogP contribution >= 0.6 is 0 Å². The van der Waals surface area contributed by atoms with Crippen LogP contribution in [0.4, 0.5) is 8.78 Å². The molecule has 3 aromatic carbocycles. The number of hydrogen-bond acceptors (Lipinski definition) is 2. The Morgan fingerprint density at radius 2 is 1.29 bits per heavy atom. The fraction of sp³-hybridized carbons (Fsp3) is 0.259. The van der Waals surface area contributed by atoms with Gasteiger partial charge >= 0.3 is 0 Å². The van der Waals surface area contributed by atoms with E-state index in [0.29, 0.717) is 0 Å². The highest BCUT2D eigenvalue weighted by molar-refractivity contribution is 5.82. The zero-order valence-corrected chi connectivity index (χ0v) is 17.7. The molecule has 1 aliphatic rings. The van der Waals surface area contributed by atoms with E-state index in [0.717, 1.165) is 62.3 Å². The summed E-state index contributed by atoms with van der Waals surface area (Å²) in [4.78, 5) is 2.48. The number of nitrogens with zero attached hydrogens (tertiary/aromatic N) is 1. The zero-order chi connectivity index (χ0) is 21.5. The first kappa shape index (κ1) is 21.4. The summed E-state index contributed by atoms with van der Waals surface area (Å²) in [6.07, 6.45) is 1.92. The lowest BCUT2D eigenvalue weighted by molar-refractivity contribution is 0.256. The molecule has 0 unspecified atom stereocenters. The van der Waals surface area contributed by atoms with Crippen LogP contribution in [0, 0.1) is 11.6 Å². The van der Waals surface area contributed by atoms with E-state index >= 15 is 0 Å². The van der Waals surface area contributed by atoms with E-state index in [-0.39, 0.29) is 11.6 Å². The summed E-state index contributed by atoms with van der Waals surface area (Å²) in [5, 5.41) is 3.52. The number of hydrogen-bond donors (Lipinski definition) is 1. The Kier molecular flexibility index (Phi) is 7.23. The van der Waals surface area contributed by atoms with E-state index in [4.69, 9.17) is 0 Å². The predicted octanol–water partition coefficient (Wildman–Crippen LogP) is 5.65. The third-order valence-corrected chi connectivity index (χ3v) is 5.86. The SMILES string of the molecule is Fc1ccc(C(=C2CCN(CCNCc3ccccc3)CC2)c2ccc(F)cc2)cc1. The van der Waals surface area contributed by atoms with Gasteiger partial charge in [0.15, 0.2) is 0 Å². The van der Waals surface area contributed by atoms with Crippen LogP contribution in [0.25, 0.3) is 5.57 Å². The summed E-state index contributed by atoms with van der Waals surface area (Å²) in [6, 6.07) is 23.7. The Labute approximate surface area is 183 Å². The van der Waals surface area contributed by atoms with Gasteiger partial charge in [0, 0.05) is 32.7 Å². The van der Waals surface area contributed by atoms with Gasteiger partial charge in [-0.05, 0) is 59.4 Å². The third kappa shape index (κ3) is 5.87. The number of piperidine rings is 1. The highest BCUT2D eigenvalue weighted by Gasteiger charge is 2.19. The summed E-state index contributed by atoms with van der Waals surface area (Å²) in [7, 11) is 0. The van der Waals surface area contributed by atoms with Crippen molar-refractivity contribution in [3.63, 3.8) is 0 Å². The van der Waals surface area contributed by atoms with Gasteiger partial charge in [0.2, 0.25) is 0 Å². The lowest BCUT2D eigenvalue weighted by atomic mass is 9.88. The van der Waals surface area contributed by atoms with Crippen molar-refractivity contribution in [2.24, 2.45) is 0 Å². The highest BCUT2D eigenvalue weighted by atomic mass is 19.1. The van der Waals surface area contributed by atoms with Crippen LogP contribution in [0.5, 0.6) is 0 Å². The van der Waals surface area contributed by atoms with Gasteiger partial charge < -0.3 is 10.2 Å². The highest BCUT2D eigenvalue weighted by Crippen LogP contribution is 2.32. The molecule has 3 aromatic rings. The minimum absolute atomic E-state index is 0.245. The minimum atomic E-state index is -0.245. The fourth-order valence-corrected chi connectivity index (χ4v) is 4.17. The molecule has 4 heteroatoms. The number of benzene rings is 3. The van der Waals surface area contributed by atoms with Crippen LogP contribution in [-0.2, 0) is 6.54 Å². The summed E-state index contributed by atoms with van der Waals surface area (Å²) < 4.78 is 27.0. The Morgan fingerprint density at radius 1 is 0.742 bits per heavy atom. The second-order valence-electron chi connectivity index (χ2n) is 8.00. The van der Waals surface area contributed by atoms with Crippen LogP contribution in [0.2, 0.25) is 0 Å². The van der Waals surface area contributed by atoms with Crippen LogP contribution in [0.15, 0.2) is 84.4 Å². The van der Waals surface area contributed by atoms with E-state index in [1.807, 2.05) is 30.3 Å². The van der Waals surface area contributed by atoms with Gasteiger partial charge in [-0.2, -0.15) is 0 Å². The maximum atomic E-state index is 13.5. The normalized spacial score (nSPS) is 14.6. The van der Waals surface area contributed by atoms with Gasteiger partial charge in [-0.1, -0.05) is 60.2 Å². The number of nitrogens with one attached hydrogen (secondary N) is 1. The molecule has 0 radical (unpaired) electrons. The molecule has 0 saturated carbocycles. The standard InChI is InChI=1S/C27H28F2N2/c28-25-10-6-22(7-11-25)27(23-8-12-26(29)13-9-23)24-14-17-31(18-15-24)19-16-30-20-21-4-2-1-3-5-21/h1-13,30H,14-20H2. The summed E-state index contributed by atoms with van der Waals surface area (Å²) in [5.74, 6) is -0.491. The van der Waals surface area contributed by atoms with E-state index in [2.05, 4.69) is 34.5 Å². The molecular formula is C27H28F2N2. The molecule has 0 bridgehead atoms. The van der Waals surface area contributed by atoms with E-state index in [1.165, 1.54) is 35.4 Å². The average molecular weight is 419 g/mol. The maximum Gasteiger partial charge on any atom is 0.123 e. The van der Waals surface area contributed by atoms with Crippen molar-refractivity contribution in [3.05, 3.63) is 113 Å². The molecule has 0 aliphatic carbocycles. The lowest BCUT2D eigenvalue weighted by Crippen LogP contribution is -2.36. The van der Waals surface area contributed by atoms with Gasteiger partial charge in [-0.3, -0.25) is 0 Å². The molecule has 31 heavy (non-hydrogen) atoms. The largest absolute Gasteiger partial charge is 0.311 e. The number of rotatable bonds is 7. The van der Waals surface area contributed by atoms with E-state index < -0.39 is 0 Å². The van der Waals surface area contributed by atoms with E-state index in [1.54, 1.807) is 0 Å². The Hall–Kier alpha value is -2.82. The first-order valence-electron chi connectivity index (χ1n) is 10.9. The van der Waals surface area contributed by atoms with Gasteiger partial charge in [0.05, 0.1) is 0 Å².